The lowest BCUT2D eigenvalue weighted by Gasteiger charge is -2.16. The van der Waals surface area contributed by atoms with Crippen LogP contribution >= 0.6 is 23.2 Å². The van der Waals surface area contributed by atoms with E-state index in [0.29, 0.717) is 13.0 Å². The summed E-state index contributed by atoms with van der Waals surface area (Å²) >= 11 is 11.8. The van der Waals surface area contributed by atoms with Crippen molar-refractivity contribution in [2.75, 3.05) is 6.61 Å². The van der Waals surface area contributed by atoms with E-state index in [2.05, 4.69) is 5.32 Å². The molecule has 1 N–H and O–H groups in total. The standard InChI is InChI=1S/C12H12Cl2N2O4/c1-6-10(2-3-20-6)15-12(17)8-4-7(16(18)19)5-9(13)11(8)14/h4-6,10H,2-3H2,1H3,(H,15,17). The lowest BCUT2D eigenvalue weighted by Crippen LogP contribution is -2.39. The Labute approximate surface area is 125 Å². The third-order valence-electron chi connectivity index (χ3n) is 3.16. The first-order valence-corrected chi connectivity index (χ1v) is 6.71. The summed E-state index contributed by atoms with van der Waals surface area (Å²) < 4.78 is 5.34. The van der Waals surface area contributed by atoms with Gasteiger partial charge in [0.15, 0.2) is 0 Å². The highest BCUT2D eigenvalue weighted by atomic mass is 35.5. The number of carbonyl (C=O) groups is 1. The van der Waals surface area contributed by atoms with Gasteiger partial charge in [0.2, 0.25) is 0 Å². The van der Waals surface area contributed by atoms with Crippen LogP contribution in [0.1, 0.15) is 23.7 Å². The van der Waals surface area contributed by atoms with E-state index in [-0.39, 0.29) is 33.4 Å². The average molecular weight is 319 g/mol. The maximum absolute atomic E-state index is 12.2. The minimum Gasteiger partial charge on any atom is -0.376 e. The lowest BCUT2D eigenvalue weighted by molar-refractivity contribution is -0.384. The van der Waals surface area contributed by atoms with Crippen molar-refractivity contribution in [1.29, 1.82) is 0 Å². The summed E-state index contributed by atoms with van der Waals surface area (Å²) in [5.41, 5.74) is -0.287. The number of hydrogen-bond donors (Lipinski definition) is 1. The highest BCUT2D eigenvalue weighted by Crippen LogP contribution is 2.31. The quantitative estimate of drug-likeness (QED) is 0.686. The number of hydrogen-bond acceptors (Lipinski definition) is 4. The Kier molecular flexibility index (Phi) is 4.47. The molecular formula is C12H12Cl2N2O4. The number of benzene rings is 1. The molecule has 1 saturated heterocycles. The van der Waals surface area contributed by atoms with Crippen molar-refractivity contribution in [3.05, 3.63) is 37.9 Å². The molecule has 0 saturated carbocycles. The third-order valence-corrected chi connectivity index (χ3v) is 3.96. The molecule has 1 aliphatic rings. The summed E-state index contributed by atoms with van der Waals surface area (Å²) in [6.45, 7) is 2.41. The van der Waals surface area contributed by atoms with Gasteiger partial charge >= 0.3 is 0 Å². The fourth-order valence-corrected chi connectivity index (χ4v) is 2.42. The Morgan fingerprint density at radius 3 is 2.75 bits per heavy atom. The van der Waals surface area contributed by atoms with Crippen LogP contribution in [0.3, 0.4) is 0 Å². The first kappa shape index (κ1) is 15.0. The number of non-ortho nitro benzene ring substituents is 1. The van der Waals surface area contributed by atoms with E-state index in [1.165, 1.54) is 0 Å². The van der Waals surface area contributed by atoms with Gasteiger partial charge in [0.25, 0.3) is 11.6 Å². The van der Waals surface area contributed by atoms with Gasteiger partial charge in [0.1, 0.15) is 0 Å². The van der Waals surface area contributed by atoms with E-state index in [0.717, 1.165) is 12.1 Å². The number of nitro benzene ring substituents is 1. The number of carbonyl (C=O) groups excluding carboxylic acids is 1. The molecule has 0 radical (unpaired) electrons. The van der Waals surface area contributed by atoms with Crippen LogP contribution in [0.15, 0.2) is 12.1 Å². The Balaban J connectivity index is 2.26. The molecule has 8 heteroatoms. The second-order valence-electron chi connectivity index (χ2n) is 4.49. The van der Waals surface area contributed by atoms with Gasteiger partial charge in [-0.1, -0.05) is 23.2 Å². The van der Waals surface area contributed by atoms with Gasteiger partial charge < -0.3 is 10.1 Å². The summed E-state index contributed by atoms with van der Waals surface area (Å²) in [5, 5.41) is 13.5. The van der Waals surface area contributed by atoms with Crippen LogP contribution in [0.2, 0.25) is 10.0 Å². The smallest absolute Gasteiger partial charge is 0.271 e. The zero-order chi connectivity index (χ0) is 14.9. The Morgan fingerprint density at radius 2 is 2.20 bits per heavy atom. The Morgan fingerprint density at radius 1 is 1.50 bits per heavy atom. The van der Waals surface area contributed by atoms with Crippen LogP contribution in [0.4, 0.5) is 5.69 Å². The number of nitrogens with zero attached hydrogens (tertiary/aromatic N) is 1. The average Bonchev–Trinajstić information content (AvgIpc) is 2.77. The maximum atomic E-state index is 12.2. The summed E-state index contributed by atoms with van der Waals surface area (Å²) in [6.07, 6.45) is 0.583. The van der Waals surface area contributed by atoms with Crippen LogP contribution in [-0.2, 0) is 4.74 Å². The second-order valence-corrected chi connectivity index (χ2v) is 5.28. The summed E-state index contributed by atoms with van der Waals surface area (Å²) in [6, 6.07) is 2.09. The van der Waals surface area contributed by atoms with Gasteiger partial charge in [-0.15, -0.1) is 0 Å². The van der Waals surface area contributed by atoms with Crippen molar-refractivity contribution in [2.45, 2.75) is 25.5 Å². The number of nitrogens with one attached hydrogen (secondary N) is 1. The van der Waals surface area contributed by atoms with Crippen molar-refractivity contribution in [3.8, 4) is 0 Å². The van der Waals surface area contributed by atoms with E-state index in [1.54, 1.807) is 0 Å². The molecule has 6 nitrogen and oxygen atoms in total. The van der Waals surface area contributed by atoms with E-state index >= 15 is 0 Å². The molecule has 1 fully saturated rings. The van der Waals surface area contributed by atoms with Crippen LogP contribution < -0.4 is 5.32 Å². The van der Waals surface area contributed by atoms with Crippen LogP contribution in [0, 0.1) is 10.1 Å². The molecule has 2 unspecified atom stereocenters. The van der Waals surface area contributed by atoms with E-state index in [9.17, 15) is 14.9 Å². The fourth-order valence-electron chi connectivity index (χ4n) is 2.01. The number of rotatable bonds is 3. The first-order chi connectivity index (χ1) is 9.40. The number of nitro groups is 1. The predicted octanol–water partition coefficient (Wildman–Crippen LogP) is 2.81. The summed E-state index contributed by atoms with van der Waals surface area (Å²) in [7, 11) is 0. The van der Waals surface area contributed by atoms with Crippen molar-refractivity contribution < 1.29 is 14.5 Å². The topological polar surface area (TPSA) is 81.5 Å². The molecule has 0 aromatic heterocycles. The predicted molar refractivity (Wildman–Crippen MR) is 74.4 cm³/mol. The molecule has 1 aliphatic heterocycles. The second kappa shape index (κ2) is 5.95. The highest BCUT2D eigenvalue weighted by Gasteiger charge is 2.28. The summed E-state index contributed by atoms with van der Waals surface area (Å²) in [5.74, 6) is -0.497. The Hall–Kier alpha value is -1.37. The van der Waals surface area contributed by atoms with Crippen LogP contribution in [-0.4, -0.2) is 29.6 Å². The molecule has 1 aromatic rings. The molecule has 1 aromatic carbocycles. The lowest BCUT2D eigenvalue weighted by atomic mass is 10.1. The molecule has 108 valence electrons. The SMILES string of the molecule is CC1OCCC1NC(=O)c1cc([N+](=O)[O-])cc(Cl)c1Cl. The van der Waals surface area contributed by atoms with Gasteiger partial charge in [-0.05, 0) is 13.3 Å². The van der Waals surface area contributed by atoms with Gasteiger partial charge in [-0.25, -0.2) is 0 Å². The maximum Gasteiger partial charge on any atom is 0.271 e. The molecule has 2 atom stereocenters. The largest absolute Gasteiger partial charge is 0.376 e. The first-order valence-electron chi connectivity index (χ1n) is 5.96. The van der Waals surface area contributed by atoms with Gasteiger partial charge in [-0.3, -0.25) is 14.9 Å². The molecule has 0 bridgehead atoms. The molecule has 1 amide bonds. The molecule has 0 aliphatic carbocycles. The third kappa shape index (κ3) is 3.03. The highest BCUT2D eigenvalue weighted by molar-refractivity contribution is 6.44. The van der Waals surface area contributed by atoms with E-state index in [4.69, 9.17) is 27.9 Å². The normalized spacial score (nSPS) is 21.8. The van der Waals surface area contributed by atoms with Gasteiger partial charge in [0, 0.05) is 18.7 Å². The van der Waals surface area contributed by atoms with Crippen molar-refractivity contribution in [1.82, 2.24) is 5.32 Å². The fraction of sp³-hybridized carbons (Fsp3) is 0.417. The van der Waals surface area contributed by atoms with Crippen molar-refractivity contribution >= 4 is 34.8 Å². The summed E-state index contributed by atoms with van der Waals surface area (Å²) in [4.78, 5) is 22.3. The van der Waals surface area contributed by atoms with Crippen LogP contribution in [0.5, 0.6) is 0 Å². The van der Waals surface area contributed by atoms with Crippen molar-refractivity contribution in [3.63, 3.8) is 0 Å². The molecule has 1 heterocycles. The zero-order valence-electron chi connectivity index (χ0n) is 10.6. The van der Waals surface area contributed by atoms with Crippen molar-refractivity contribution in [2.24, 2.45) is 0 Å². The molecule has 20 heavy (non-hydrogen) atoms. The van der Waals surface area contributed by atoms with Gasteiger partial charge in [0.05, 0.1) is 32.7 Å². The minimum atomic E-state index is -0.625. The minimum absolute atomic E-state index is 0.00124. The zero-order valence-corrected chi connectivity index (χ0v) is 12.1. The number of ether oxygens (including phenoxy) is 1. The Bertz CT molecular complexity index is 565. The molecule has 0 spiro atoms. The van der Waals surface area contributed by atoms with E-state index < -0.39 is 10.8 Å². The monoisotopic (exact) mass is 318 g/mol. The molecular weight excluding hydrogens is 307 g/mol. The number of amides is 1. The van der Waals surface area contributed by atoms with E-state index in [1.807, 2.05) is 6.92 Å². The van der Waals surface area contributed by atoms with Crippen LogP contribution in [0.25, 0.3) is 0 Å². The van der Waals surface area contributed by atoms with Gasteiger partial charge in [-0.2, -0.15) is 0 Å². The number of halogens is 2. The molecule has 2 rings (SSSR count).